The molecule has 4 nitrogen and oxygen atoms in total. The number of hydrogen-bond acceptors (Lipinski definition) is 5. The molecule has 2 N–H and O–H groups in total. The summed E-state index contributed by atoms with van der Waals surface area (Å²) in [4.78, 5) is 2.25. The fourth-order valence-electron chi connectivity index (χ4n) is 3.65. The molecule has 0 aromatic rings. The van der Waals surface area contributed by atoms with Crippen molar-refractivity contribution < 1.29 is 8.42 Å². The van der Waals surface area contributed by atoms with E-state index in [-0.39, 0.29) is 10.9 Å². The quantitative estimate of drug-likeness (QED) is 0.860. The molecular formula is C14H28N2O2S2. The molecular weight excluding hydrogens is 292 g/mol. The van der Waals surface area contributed by atoms with Crippen LogP contribution in [0.5, 0.6) is 0 Å². The van der Waals surface area contributed by atoms with Crippen LogP contribution in [0, 0.1) is 0 Å². The number of rotatable bonds is 3. The van der Waals surface area contributed by atoms with Crippen molar-refractivity contribution in [3.8, 4) is 0 Å². The third-order valence-corrected chi connectivity index (χ3v) is 7.50. The minimum atomic E-state index is -3.04. The minimum absolute atomic E-state index is 0.0881. The topological polar surface area (TPSA) is 63.4 Å². The lowest BCUT2D eigenvalue weighted by atomic mass is 9.82. The van der Waals surface area contributed by atoms with Crippen LogP contribution in [0.2, 0.25) is 0 Å². The highest BCUT2D eigenvalue weighted by Crippen LogP contribution is 2.36. The van der Waals surface area contributed by atoms with Gasteiger partial charge in [0.05, 0.1) is 0 Å². The predicted octanol–water partition coefficient (Wildman–Crippen LogP) is 1.85. The molecule has 1 unspecified atom stereocenters. The van der Waals surface area contributed by atoms with Crippen LogP contribution in [-0.4, -0.2) is 55.1 Å². The standard InChI is InChI=1S/C14H28N2O2S2/c1-20(17,18)13-11-19-10-9-16(13)14(12-15)7-5-3-2-4-6-8-14/h13H,2-12,15H2,1H3. The van der Waals surface area contributed by atoms with Gasteiger partial charge in [0.2, 0.25) is 0 Å². The Morgan fingerprint density at radius 2 is 1.80 bits per heavy atom. The van der Waals surface area contributed by atoms with Gasteiger partial charge in [0.15, 0.2) is 9.84 Å². The lowest BCUT2D eigenvalue weighted by Gasteiger charge is -2.49. The number of nitrogens with zero attached hydrogens (tertiary/aromatic N) is 1. The summed E-state index contributed by atoms with van der Waals surface area (Å²) in [5, 5.41) is -0.343. The monoisotopic (exact) mass is 320 g/mol. The van der Waals surface area contributed by atoms with Crippen molar-refractivity contribution in [2.75, 3.05) is 30.9 Å². The van der Waals surface area contributed by atoms with E-state index < -0.39 is 9.84 Å². The van der Waals surface area contributed by atoms with Gasteiger partial charge in [-0.3, -0.25) is 4.90 Å². The van der Waals surface area contributed by atoms with Crippen LogP contribution >= 0.6 is 11.8 Å². The molecule has 1 aliphatic carbocycles. The van der Waals surface area contributed by atoms with Crippen molar-refractivity contribution in [2.45, 2.75) is 55.9 Å². The fraction of sp³-hybridized carbons (Fsp3) is 1.00. The second-order valence-electron chi connectivity index (χ2n) is 6.25. The molecule has 1 atom stereocenters. The summed E-state index contributed by atoms with van der Waals surface area (Å²) in [6.45, 7) is 1.45. The number of hydrogen-bond donors (Lipinski definition) is 1. The summed E-state index contributed by atoms with van der Waals surface area (Å²) in [7, 11) is -3.04. The van der Waals surface area contributed by atoms with Gasteiger partial charge in [-0.25, -0.2) is 8.42 Å². The summed E-state index contributed by atoms with van der Waals surface area (Å²) < 4.78 is 24.3. The predicted molar refractivity (Wildman–Crippen MR) is 86.8 cm³/mol. The van der Waals surface area contributed by atoms with Crippen molar-refractivity contribution in [3.63, 3.8) is 0 Å². The van der Waals surface area contributed by atoms with E-state index in [1.54, 1.807) is 11.8 Å². The zero-order valence-electron chi connectivity index (χ0n) is 12.5. The smallest absolute Gasteiger partial charge is 0.164 e. The van der Waals surface area contributed by atoms with E-state index in [9.17, 15) is 8.42 Å². The molecule has 1 aliphatic heterocycles. The maximum absolute atomic E-state index is 12.2. The summed E-state index contributed by atoms with van der Waals surface area (Å²) in [5.74, 6) is 1.72. The van der Waals surface area contributed by atoms with Gasteiger partial charge in [0, 0.05) is 36.4 Å². The van der Waals surface area contributed by atoms with Crippen LogP contribution in [0.15, 0.2) is 0 Å². The van der Waals surface area contributed by atoms with Crippen molar-refractivity contribution >= 4 is 21.6 Å². The molecule has 0 amide bonds. The number of nitrogens with two attached hydrogens (primary N) is 1. The third kappa shape index (κ3) is 3.70. The summed E-state index contributed by atoms with van der Waals surface area (Å²) in [6.07, 6.45) is 9.67. The van der Waals surface area contributed by atoms with E-state index in [0.717, 1.165) is 25.1 Å². The van der Waals surface area contributed by atoms with E-state index in [1.807, 2.05) is 0 Å². The molecule has 2 aliphatic rings. The Kier molecular flexibility index (Phi) is 5.79. The second-order valence-corrected chi connectivity index (χ2v) is 9.60. The van der Waals surface area contributed by atoms with Crippen LogP contribution in [0.3, 0.4) is 0 Å². The summed E-state index contributed by atoms with van der Waals surface area (Å²) in [6, 6.07) is 0. The SMILES string of the molecule is CS(=O)(=O)C1CSCCN1C1(CN)CCCCCCC1. The molecule has 0 radical (unpaired) electrons. The van der Waals surface area contributed by atoms with Gasteiger partial charge in [0.1, 0.15) is 5.37 Å². The lowest BCUT2D eigenvalue weighted by Crippen LogP contribution is -2.62. The van der Waals surface area contributed by atoms with Crippen molar-refractivity contribution in [3.05, 3.63) is 0 Å². The van der Waals surface area contributed by atoms with Crippen LogP contribution in [0.25, 0.3) is 0 Å². The molecule has 0 aromatic carbocycles. The first-order valence-electron chi connectivity index (χ1n) is 7.73. The zero-order chi connectivity index (χ0) is 14.6. The molecule has 2 fully saturated rings. The molecule has 118 valence electrons. The Bertz CT molecular complexity index is 403. The van der Waals surface area contributed by atoms with E-state index >= 15 is 0 Å². The Labute approximate surface area is 127 Å². The first-order valence-corrected chi connectivity index (χ1v) is 10.8. The lowest BCUT2D eigenvalue weighted by molar-refractivity contribution is 0.0628. The van der Waals surface area contributed by atoms with Gasteiger partial charge in [-0.05, 0) is 12.8 Å². The maximum Gasteiger partial charge on any atom is 0.164 e. The van der Waals surface area contributed by atoms with Crippen LogP contribution in [0.1, 0.15) is 44.9 Å². The maximum atomic E-state index is 12.2. The van der Waals surface area contributed by atoms with Crippen LogP contribution in [-0.2, 0) is 9.84 Å². The van der Waals surface area contributed by atoms with E-state index in [0.29, 0.717) is 12.3 Å². The Morgan fingerprint density at radius 3 is 2.35 bits per heavy atom. The minimum Gasteiger partial charge on any atom is -0.329 e. The third-order valence-electron chi connectivity index (χ3n) is 4.85. The van der Waals surface area contributed by atoms with E-state index in [1.165, 1.54) is 38.4 Å². The summed E-state index contributed by atoms with van der Waals surface area (Å²) in [5.41, 5.74) is 6.06. The Balaban J connectivity index is 2.25. The van der Waals surface area contributed by atoms with Gasteiger partial charge >= 0.3 is 0 Å². The van der Waals surface area contributed by atoms with Crippen LogP contribution < -0.4 is 5.73 Å². The first kappa shape index (κ1) is 16.6. The first-order chi connectivity index (χ1) is 9.49. The van der Waals surface area contributed by atoms with Gasteiger partial charge < -0.3 is 5.73 Å². The Hall–Kier alpha value is 0.220. The molecule has 0 bridgehead atoms. The van der Waals surface area contributed by atoms with Gasteiger partial charge in [-0.15, -0.1) is 0 Å². The molecule has 0 aromatic heterocycles. The summed E-state index contributed by atoms with van der Waals surface area (Å²) >= 11 is 1.75. The molecule has 1 saturated carbocycles. The highest BCUT2D eigenvalue weighted by atomic mass is 32.2. The van der Waals surface area contributed by atoms with Crippen molar-refractivity contribution in [1.82, 2.24) is 4.90 Å². The molecule has 2 rings (SSSR count). The van der Waals surface area contributed by atoms with Gasteiger partial charge in [0.25, 0.3) is 0 Å². The average Bonchev–Trinajstić information content (AvgIpc) is 2.38. The largest absolute Gasteiger partial charge is 0.329 e. The van der Waals surface area contributed by atoms with E-state index in [2.05, 4.69) is 4.90 Å². The number of sulfone groups is 1. The normalized spacial score (nSPS) is 29.6. The van der Waals surface area contributed by atoms with E-state index in [4.69, 9.17) is 5.73 Å². The molecule has 6 heteroatoms. The molecule has 20 heavy (non-hydrogen) atoms. The van der Waals surface area contributed by atoms with Gasteiger partial charge in [-0.2, -0.15) is 11.8 Å². The fourth-order valence-corrected chi connectivity index (χ4v) is 6.59. The Morgan fingerprint density at radius 1 is 1.20 bits per heavy atom. The highest BCUT2D eigenvalue weighted by Gasteiger charge is 2.43. The molecule has 1 saturated heterocycles. The van der Waals surface area contributed by atoms with Crippen molar-refractivity contribution in [2.24, 2.45) is 5.73 Å². The highest BCUT2D eigenvalue weighted by molar-refractivity contribution is 8.00. The van der Waals surface area contributed by atoms with Crippen LogP contribution in [0.4, 0.5) is 0 Å². The average molecular weight is 321 g/mol. The van der Waals surface area contributed by atoms with Gasteiger partial charge in [-0.1, -0.05) is 32.1 Å². The van der Waals surface area contributed by atoms with Crippen molar-refractivity contribution in [1.29, 1.82) is 0 Å². The molecule has 0 spiro atoms. The molecule has 1 heterocycles. The number of thioether (sulfide) groups is 1. The second kappa shape index (κ2) is 6.99. The zero-order valence-corrected chi connectivity index (χ0v) is 14.1.